The number of benzene rings is 1. The van der Waals surface area contributed by atoms with Crippen molar-refractivity contribution >= 4 is 23.3 Å². The Morgan fingerprint density at radius 3 is 2.89 bits per heavy atom. The number of hydrogen-bond donors (Lipinski definition) is 1. The molecule has 0 aliphatic carbocycles. The minimum atomic E-state index is -0.790. The summed E-state index contributed by atoms with van der Waals surface area (Å²) in [7, 11) is 0. The highest BCUT2D eigenvalue weighted by molar-refractivity contribution is 7.99. The van der Waals surface area contributed by atoms with Crippen LogP contribution in [0.5, 0.6) is 5.88 Å². The van der Waals surface area contributed by atoms with Gasteiger partial charge >= 0.3 is 5.88 Å². The van der Waals surface area contributed by atoms with E-state index in [0.717, 1.165) is 29.8 Å². The molecule has 1 aliphatic rings. The van der Waals surface area contributed by atoms with E-state index in [1.54, 1.807) is 0 Å². The second kappa shape index (κ2) is 7.85. The first kappa shape index (κ1) is 18.2. The van der Waals surface area contributed by atoms with Gasteiger partial charge in [0.25, 0.3) is 0 Å². The van der Waals surface area contributed by atoms with Crippen LogP contribution >= 0.6 is 11.8 Å². The zero-order valence-electron chi connectivity index (χ0n) is 15.0. The first-order valence-corrected chi connectivity index (χ1v) is 9.78. The third-order valence-corrected chi connectivity index (χ3v) is 5.04. The third-order valence-electron chi connectivity index (χ3n) is 4.11. The summed E-state index contributed by atoms with van der Waals surface area (Å²) < 4.78 is 11.3. The Morgan fingerprint density at radius 2 is 2.11 bits per heavy atom. The second-order valence-corrected chi connectivity index (χ2v) is 7.13. The van der Waals surface area contributed by atoms with Crippen LogP contribution in [0.1, 0.15) is 31.8 Å². The molecular formula is C18H17N5O4S. The van der Waals surface area contributed by atoms with Gasteiger partial charge in [-0.3, -0.25) is 10.1 Å². The van der Waals surface area contributed by atoms with Gasteiger partial charge < -0.3 is 14.5 Å². The summed E-state index contributed by atoms with van der Waals surface area (Å²) in [6.45, 7) is 2.12. The maximum absolute atomic E-state index is 10.9. The van der Waals surface area contributed by atoms with E-state index in [-0.39, 0.29) is 11.6 Å². The fourth-order valence-corrected chi connectivity index (χ4v) is 3.59. The Balaban J connectivity index is 1.72. The highest BCUT2D eigenvalue weighted by Gasteiger charge is 2.29. The van der Waals surface area contributed by atoms with Gasteiger partial charge in [-0.1, -0.05) is 43.3 Å². The number of fused-ring (bicyclic) bond motifs is 3. The molecule has 0 unspecified atom stereocenters. The van der Waals surface area contributed by atoms with Crippen LogP contribution in [0, 0.1) is 10.1 Å². The summed E-state index contributed by atoms with van der Waals surface area (Å²) in [6, 6.07) is 10.3. The quantitative estimate of drug-likeness (QED) is 0.278. The minimum Gasteiger partial charge on any atom is -0.444 e. The largest absolute Gasteiger partial charge is 0.444 e. The fourth-order valence-electron chi connectivity index (χ4n) is 2.73. The summed E-state index contributed by atoms with van der Waals surface area (Å²) in [5.41, 5.74) is 2.03. The number of rotatable bonds is 6. The Labute approximate surface area is 164 Å². The molecule has 0 radical (unpaired) electrons. The van der Waals surface area contributed by atoms with E-state index in [4.69, 9.17) is 9.15 Å². The van der Waals surface area contributed by atoms with E-state index >= 15 is 0 Å². The lowest BCUT2D eigenvalue weighted by Crippen LogP contribution is -2.16. The number of nitro groups is 1. The molecule has 144 valence electrons. The van der Waals surface area contributed by atoms with Crippen LogP contribution in [0.4, 0.5) is 11.6 Å². The van der Waals surface area contributed by atoms with E-state index in [2.05, 4.69) is 27.4 Å². The Kier molecular flexibility index (Phi) is 5.11. The number of nitrogens with zero attached hydrogens (tertiary/aromatic N) is 4. The Bertz CT molecular complexity index is 1010. The second-order valence-electron chi connectivity index (χ2n) is 6.07. The number of nitrogens with one attached hydrogen (secondary N) is 1. The highest BCUT2D eigenvalue weighted by Crippen LogP contribution is 2.40. The summed E-state index contributed by atoms with van der Waals surface area (Å²) in [6.07, 6.45) is 1.34. The van der Waals surface area contributed by atoms with Crippen LogP contribution in [-0.2, 0) is 0 Å². The normalized spacial score (nSPS) is 15.0. The zero-order valence-corrected chi connectivity index (χ0v) is 15.8. The number of ether oxygens (including phenoxy) is 1. The number of anilines is 1. The van der Waals surface area contributed by atoms with Crippen molar-refractivity contribution in [2.75, 3.05) is 11.1 Å². The Morgan fingerprint density at radius 1 is 1.25 bits per heavy atom. The number of hydrogen-bond acceptors (Lipinski definition) is 9. The van der Waals surface area contributed by atoms with Crippen molar-refractivity contribution in [2.45, 2.75) is 31.1 Å². The summed E-state index contributed by atoms with van der Waals surface area (Å²) in [4.78, 5) is 14.9. The third kappa shape index (κ3) is 3.63. The molecule has 1 aliphatic heterocycles. The molecule has 3 heterocycles. The summed E-state index contributed by atoms with van der Waals surface area (Å²) in [5, 5.41) is 23.2. The van der Waals surface area contributed by atoms with Crippen molar-refractivity contribution in [1.82, 2.24) is 15.2 Å². The van der Waals surface area contributed by atoms with Gasteiger partial charge in [0.2, 0.25) is 17.3 Å². The smallest absolute Gasteiger partial charge is 0.433 e. The minimum absolute atomic E-state index is 0.271. The summed E-state index contributed by atoms with van der Waals surface area (Å²) >= 11 is 1.51. The van der Waals surface area contributed by atoms with Gasteiger partial charge in [0.15, 0.2) is 11.5 Å². The average Bonchev–Trinajstić information content (AvgIpc) is 3.13. The van der Waals surface area contributed by atoms with Gasteiger partial charge in [-0.15, -0.1) is 10.2 Å². The lowest BCUT2D eigenvalue weighted by molar-refractivity contribution is -0.402. The van der Waals surface area contributed by atoms with Gasteiger partial charge in [-0.05, 0) is 18.6 Å². The van der Waals surface area contributed by atoms with E-state index in [1.165, 1.54) is 23.9 Å². The van der Waals surface area contributed by atoms with Gasteiger partial charge in [0.1, 0.15) is 4.92 Å². The first-order valence-electron chi connectivity index (χ1n) is 8.80. The standard InChI is InChI=1S/C18H17N5O4S/c1-2-3-10-28-18-20-17-15(21-22-18)11-6-4-5-7-12(11)19-16(27-17)13-8-9-14(26-13)23(24)25/h4-9,16,19H,2-3,10H2,1H3/t16-/m1/s1. The zero-order chi connectivity index (χ0) is 19.5. The molecule has 4 rings (SSSR count). The predicted molar refractivity (Wildman–Crippen MR) is 103 cm³/mol. The van der Waals surface area contributed by atoms with Crippen LogP contribution in [0.25, 0.3) is 11.3 Å². The lowest BCUT2D eigenvalue weighted by atomic mass is 10.1. The molecule has 1 aromatic carbocycles. The molecule has 3 aromatic rings. The lowest BCUT2D eigenvalue weighted by Gasteiger charge is -2.16. The van der Waals surface area contributed by atoms with Crippen molar-refractivity contribution in [3.63, 3.8) is 0 Å². The van der Waals surface area contributed by atoms with Gasteiger partial charge in [-0.25, -0.2) is 0 Å². The van der Waals surface area contributed by atoms with E-state index < -0.39 is 11.2 Å². The first-order chi connectivity index (χ1) is 13.7. The number of para-hydroxylation sites is 1. The monoisotopic (exact) mass is 399 g/mol. The van der Waals surface area contributed by atoms with Crippen LogP contribution in [0.15, 0.2) is 46.0 Å². The van der Waals surface area contributed by atoms with Gasteiger partial charge in [0.05, 0.1) is 6.07 Å². The van der Waals surface area contributed by atoms with E-state index in [0.29, 0.717) is 16.7 Å². The van der Waals surface area contributed by atoms with Crippen molar-refractivity contribution in [2.24, 2.45) is 0 Å². The molecule has 0 saturated carbocycles. The number of aromatic nitrogens is 3. The Hall–Kier alpha value is -3.14. The van der Waals surface area contributed by atoms with E-state index in [1.807, 2.05) is 24.3 Å². The molecule has 9 nitrogen and oxygen atoms in total. The van der Waals surface area contributed by atoms with Crippen molar-refractivity contribution in [1.29, 1.82) is 0 Å². The molecule has 0 saturated heterocycles. The molecule has 10 heteroatoms. The highest BCUT2D eigenvalue weighted by atomic mass is 32.2. The van der Waals surface area contributed by atoms with Gasteiger partial charge in [0, 0.05) is 17.0 Å². The molecule has 0 bridgehead atoms. The summed E-state index contributed by atoms with van der Waals surface area (Å²) in [5.74, 6) is 1.11. The van der Waals surface area contributed by atoms with Crippen LogP contribution < -0.4 is 10.1 Å². The molecule has 2 aromatic heterocycles. The maximum Gasteiger partial charge on any atom is 0.433 e. The SMILES string of the molecule is CCCCSc1nnc2c(n1)O[C@H](c1ccc([N+](=O)[O-])o1)Nc1ccccc1-2. The molecule has 28 heavy (non-hydrogen) atoms. The molecule has 1 atom stereocenters. The number of furan rings is 1. The van der Waals surface area contributed by atoms with Crippen LogP contribution in [0.2, 0.25) is 0 Å². The van der Waals surface area contributed by atoms with Gasteiger partial charge in [-0.2, -0.15) is 4.98 Å². The predicted octanol–water partition coefficient (Wildman–Crippen LogP) is 4.44. The molecule has 0 fully saturated rings. The number of thioether (sulfide) groups is 1. The number of unbranched alkanes of at least 4 members (excludes halogenated alkanes) is 1. The topological polar surface area (TPSA) is 116 Å². The van der Waals surface area contributed by atoms with Crippen LogP contribution in [0.3, 0.4) is 0 Å². The fraction of sp³-hybridized carbons (Fsp3) is 0.278. The van der Waals surface area contributed by atoms with Crippen molar-refractivity contribution in [3.05, 3.63) is 52.3 Å². The average molecular weight is 399 g/mol. The molecule has 0 amide bonds. The maximum atomic E-state index is 10.9. The van der Waals surface area contributed by atoms with Crippen molar-refractivity contribution < 1.29 is 14.1 Å². The molecular weight excluding hydrogens is 382 g/mol. The molecule has 1 N–H and O–H groups in total. The molecule has 0 spiro atoms. The van der Waals surface area contributed by atoms with Crippen molar-refractivity contribution in [3.8, 4) is 17.1 Å². The van der Waals surface area contributed by atoms with E-state index in [9.17, 15) is 10.1 Å². The van der Waals surface area contributed by atoms with Crippen LogP contribution in [-0.4, -0.2) is 25.9 Å².